The summed E-state index contributed by atoms with van der Waals surface area (Å²) in [5.41, 5.74) is 2.05. The van der Waals surface area contributed by atoms with E-state index in [1.807, 2.05) is 62.4 Å². The molecule has 0 bridgehead atoms. The number of rotatable bonds is 11. The van der Waals surface area contributed by atoms with Gasteiger partial charge in [0.15, 0.2) is 0 Å². The minimum Gasteiger partial charge on any atom is -0.497 e. The van der Waals surface area contributed by atoms with Gasteiger partial charge in [0.05, 0.1) is 12.9 Å². The molecule has 0 saturated heterocycles. The first-order chi connectivity index (χ1) is 14.8. The number of nitrogens with zero attached hydrogens (tertiary/aromatic N) is 1. The van der Waals surface area contributed by atoms with Crippen molar-refractivity contribution in [1.82, 2.24) is 10.2 Å². The third-order valence-electron chi connectivity index (χ3n) is 5.09. The van der Waals surface area contributed by atoms with Gasteiger partial charge in [-0.25, -0.2) is 0 Å². The fourth-order valence-corrected chi connectivity index (χ4v) is 3.89. The Morgan fingerprint density at radius 2 is 1.68 bits per heavy atom. The van der Waals surface area contributed by atoms with E-state index < -0.39 is 6.04 Å². The van der Waals surface area contributed by atoms with Crippen molar-refractivity contribution in [1.29, 1.82) is 0 Å². The lowest BCUT2D eigenvalue weighted by Gasteiger charge is -2.29. The van der Waals surface area contributed by atoms with Gasteiger partial charge in [-0.3, -0.25) is 9.59 Å². The Bertz CT molecular complexity index is 843. The molecule has 0 fully saturated rings. The van der Waals surface area contributed by atoms with Gasteiger partial charge >= 0.3 is 0 Å². The molecule has 2 rings (SSSR count). The molecule has 1 N–H and O–H groups in total. The number of thioether (sulfide) groups is 1. The number of ether oxygens (including phenoxy) is 1. The topological polar surface area (TPSA) is 58.6 Å². The molecule has 2 atom stereocenters. The van der Waals surface area contributed by atoms with Crippen LogP contribution in [0.2, 0.25) is 5.02 Å². The van der Waals surface area contributed by atoms with Crippen molar-refractivity contribution in [3.8, 4) is 5.75 Å². The molecular formula is C24H31ClN2O3S. The van der Waals surface area contributed by atoms with Gasteiger partial charge in [-0.2, -0.15) is 0 Å². The maximum absolute atomic E-state index is 13.1. The highest BCUT2D eigenvalue weighted by molar-refractivity contribution is 7.99. The number of benzene rings is 2. The largest absolute Gasteiger partial charge is 0.497 e. The predicted octanol–water partition coefficient (Wildman–Crippen LogP) is 4.91. The summed E-state index contributed by atoms with van der Waals surface area (Å²) < 4.78 is 5.21. The summed E-state index contributed by atoms with van der Waals surface area (Å²) in [5.74, 6) is 1.54. The van der Waals surface area contributed by atoms with E-state index in [2.05, 4.69) is 5.32 Å². The Labute approximate surface area is 194 Å². The zero-order chi connectivity index (χ0) is 22.8. The van der Waals surface area contributed by atoms with Gasteiger partial charge in [0.25, 0.3) is 0 Å². The number of halogens is 1. The number of carbonyl (C=O) groups is 2. The van der Waals surface area contributed by atoms with Crippen LogP contribution < -0.4 is 10.1 Å². The second kappa shape index (κ2) is 12.6. The fraction of sp³-hybridized carbons (Fsp3) is 0.417. The lowest BCUT2D eigenvalue weighted by atomic mass is 10.1. The molecule has 0 spiro atoms. The van der Waals surface area contributed by atoms with E-state index in [1.165, 1.54) is 11.8 Å². The van der Waals surface area contributed by atoms with Crippen LogP contribution in [0, 0.1) is 0 Å². The molecule has 168 valence electrons. The zero-order valence-electron chi connectivity index (χ0n) is 18.6. The number of hydrogen-bond acceptors (Lipinski definition) is 4. The van der Waals surface area contributed by atoms with E-state index in [0.717, 1.165) is 23.3 Å². The number of amides is 2. The van der Waals surface area contributed by atoms with E-state index >= 15 is 0 Å². The van der Waals surface area contributed by atoms with Gasteiger partial charge in [-0.05, 0) is 55.7 Å². The molecule has 0 aliphatic rings. The highest BCUT2D eigenvalue weighted by Crippen LogP contribution is 2.19. The van der Waals surface area contributed by atoms with Crippen LogP contribution in [0.15, 0.2) is 48.5 Å². The molecule has 7 heteroatoms. The molecule has 2 amide bonds. The summed E-state index contributed by atoms with van der Waals surface area (Å²) in [6, 6.07) is 14.6. The van der Waals surface area contributed by atoms with Crippen LogP contribution >= 0.6 is 23.4 Å². The lowest BCUT2D eigenvalue weighted by molar-refractivity contribution is -0.138. The minimum absolute atomic E-state index is 0.0622. The van der Waals surface area contributed by atoms with Crippen molar-refractivity contribution >= 4 is 35.2 Å². The van der Waals surface area contributed by atoms with Gasteiger partial charge in [-0.1, -0.05) is 42.8 Å². The highest BCUT2D eigenvalue weighted by atomic mass is 35.5. The fourth-order valence-electron chi connectivity index (χ4n) is 2.90. The molecule has 31 heavy (non-hydrogen) atoms. The quantitative estimate of drug-likeness (QED) is 0.515. The number of hydrogen-bond donors (Lipinski definition) is 1. The Hall–Kier alpha value is -2.18. The average molecular weight is 463 g/mol. The normalized spacial score (nSPS) is 12.7. The summed E-state index contributed by atoms with van der Waals surface area (Å²) in [6.45, 7) is 6.12. The summed E-state index contributed by atoms with van der Waals surface area (Å²) in [7, 11) is 1.62. The molecular weight excluding hydrogens is 432 g/mol. The van der Waals surface area contributed by atoms with E-state index in [0.29, 0.717) is 23.1 Å². The molecule has 0 saturated carbocycles. The Kier molecular flexibility index (Phi) is 10.2. The second-order valence-electron chi connectivity index (χ2n) is 7.48. The molecule has 0 radical (unpaired) electrons. The van der Waals surface area contributed by atoms with Crippen molar-refractivity contribution in [2.24, 2.45) is 0 Å². The minimum atomic E-state index is -0.570. The molecule has 2 unspecified atom stereocenters. The van der Waals surface area contributed by atoms with Gasteiger partial charge in [0.2, 0.25) is 11.8 Å². The van der Waals surface area contributed by atoms with Crippen molar-refractivity contribution in [3.05, 3.63) is 64.7 Å². The first-order valence-electron chi connectivity index (χ1n) is 10.4. The Morgan fingerprint density at radius 1 is 1.06 bits per heavy atom. The van der Waals surface area contributed by atoms with Crippen molar-refractivity contribution in [2.75, 3.05) is 12.9 Å². The van der Waals surface area contributed by atoms with Crippen LogP contribution in [0.25, 0.3) is 0 Å². The molecule has 0 heterocycles. The van der Waals surface area contributed by atoms with Crippen LogP contribution in [0.5, 0.6) is 5.75 Å². The second-order valence-corrected chi connectivity index (χ2v) is 8.90. The maximum Gasteiger partial charge on any atom is 0.242 e. The van der Waals surface area contributed by atoms with Crippen molar-refractivity contribution < 1.29 is 14.3 Å². The Balaban J connectivity index is 2.07. The summed E-state index contributed by atoms with van der Waals surface area (Å²) in [4.78, 5) is 27.5. The molecule has 2 aromatic rings. The smallest absolute Gasteiger partial charge is 0.242 e. The van der Waals surface area contributed by atoms with Crippen LogP contribution in [-0.4, -0.2) is 41.7 Å². The van der Waals surface area contributed by atoms with E-state index in [9.17, 15) is 9.59 Å². The standard InChI is InChI=1S/C24H31ClN2O3S/c1-5-17(2)26-24(29)18(3)27(14-19-8-12-22(30-4)13-9-19)23(28)16-31-15-20-6-10-21(25)11-7-20/h6-13,17-18H,5,14-16H2,1-4H3,(H,26,29). The molecule has 0 aromatic heterocycles. The van der Waals surface area contributed by atoms with Crippen LogP contribution in [0.1, 0.15) is 38.3 Å². The van der Waals surface area contributed by atoms with E-state index in [1.54, 1.807) is 18.9 Å². The van der Waals surface area contributed by atoms with Crippen molar-refractivity contribution in [3.63, 3.8) is 0 Å². The number of methoxy groups -OCH3 is 1. The SMILES string of the molecule is CCC(C)NC(=O)C(C)N(Cc1ccc(OC)cc1)C(=O)CSCc1ccc(Cl)cc1. The van der Waals surface area contributed by atoms with Gasteiger partial charge < -0.3 is 15.0 Å². The first kappa shape index (κ1) is 25.1. The molecule has 0 aliphatic heterocycles. The summed E-state index contributed by atoms with van der Waals surface area (Å²) in [5, 5.41) is 3.68. The molecule has 2 aromatic carbocycles. The molecule has 5 nitrogen and oxygen atoms in total. The first-order valence-corrected chi connectivity index (χ1v) is 11.9. The van der Waals surface area contributed by atoms with Gasteiger partial charge in [0, 0.05) is 23.4 Å². The average Bonchev–Trinajstić information content (AvgIpc) is 2.78. The predicted molar refractivity (Wildman–Crippen MR) is 129 cm³/mol. The lowest BCUT2D eigenvalue weighted by Crippen LogP contribution is -2.50. The zero-order valence-corrected chi connectivity index (χ0v) is 20.1. The monoisotopic (exact) mass is 462 g/mol. The van der Waals surface area contributed by atoms with Crippen LogP contribution in [0.4, 0.5) is 0 Å². The molecule has 0 aliphatic carbocycles. The third kappa shape index (κ3) is 8.11. The van der Waals surface area contributed by atoms with Gasteiger partial charge in [0.1, 0.15) is 11.8 Å². The number of carbonyl (C=O) groups excluding carboxylic acids is 2. The Morgan fingerprint density at radius 3 is 2.26 bits per heavy atom. The maximum atomic E-state index is 13.1. The van der Waals surface area contributed by atoms with E-state index in [-0.39, 0.29) is 17.9 Å². The van der Waals surface area contributed by atoms with Crippen molar-refractivity contribution in [2.45, 2.75) is 51.6 Å². The summed E-state index contributed by atoms with van der Waals surface area (Å²) >= 11 is 7.46. The number of nitrogens with one attached hydrogen (secondary N) is 1. The van der Waals surface area contributed by atoms with E-state index in [4.69, 9.17) is 16.3 Å². The highest BCUT2D eigenvalue weighted by Gasteiger charge is 2.26. The third-order valence-corrected chi connectivity index (χ3v) is 6.33. The van der Waals surface area contributed by atoms with Gasteiger partial charge in [-0.15, -0.1) is 11.8 Å². The van der Waals surface area contributed by atoms with Crippen LogP contribution in [-0.2, 0) is 21.9 Å². The van der Waals surface area contributed by atoms with Crippen LogP contribution in [0.3, 0.4) is 0 Å². The summed E-state index contributed by atoms with van der Waals surface area (Å²) in [6.07, 6.45) is 0.835.